The number of rotatable bonds is 11. The molecule has 1 aliphatic carbocycles. The lowest BCUT2D eigenvalue weighted by atomic mass is 9.97. The van der Waals surface area contributed by atoms with Gasteiger partial charge in [0, 0.05) is 18.5 Å². The summed E-state index contributed by atoms with van der Waals surface area (Å²) in [5, 5.41) is 22.9. The number of halogens is 3. The van der Waals surface area contributed by atoms with E-state index in [2.05, 4.69) is 14.4 Å². The van der Waals surface area contributed by atoms with Crippen molar-refractivity contribution in [3.8, 4) is 10.6 Å². The van der Waals surface area contributed by atoms with Gasteiger partial charge in [-0.3, -0.25) is 4.79 Å². The number of carbonyl (C=O) groups is 2. The van der Waals surface area contributed by atoms with Crippen LogP contribution in [0.15, 0.2) is 51.2 Å². The van der Waals surface area contributed by atoms with Crippen LogP contribution in [0.5, 0.6) is 0 Å². The minimum atomic E-state index is -4.76. The lowest BCUT2D eigenvalue weighted by Crippen LogP contribution is -2.44. The van der Waals surface area contributed by atoms with Crippen LogP contribution < -0.4 is 4.72 Å². The minimum absolute atomic E-state index is 0.0124. The van der Waals surface area contributed by atoms with Crippen molar-refractivity contribution in [2.45, 2.75) is 60.0 Å². The molecular formula is C27H28F3N3O8S2. The zero-order valence-corrected chi connectivity index (χ0v) is 24.2. The van der Waals surface area contributed by atoms with Crippen LogP contribution >= 0.6 is 11.3 Å². The molecule has 43 heavy (non-hydrogen) atoms. The highest BCUT2D eigenvalue weighted by Gasteiger charge is 2.63. The van der Waals surface area contributed by atoms with E-state index >= 15 is 0 Å². The molecule has 3 N–H and O–H groups in total. The van der Waals surface area contributed by atoms with Crippen LogP contribution in [0.25, 0.3) is 10.6 Å². The first-order valence-corrected chi connectivity index (χ1v) is 15.7. The highest BCUT2D eigenvalue weighted by molar-refractivity contribution is 7.91. The lowest BCUT2D eigenvalue weighted by molar-refractivity contribution is -0.155. The first kappa shape index (κ1) is 31.0. The lowest BCUT2D eigenvalue weighted by Gasteiger charge is -2.22. The van der Waals surface area contributed by atoms with Gasteiger partial charge in [0.25, 0.3) is 10.0 Å². The molecule has 1 amide bonds. The van der Waals surface area contributed by atoms with E-state index in [9.17, 15) is 41.4 Å². The number of alkyl halides is 3. The largest absolute Gasteiger partial charge is 0.480 e. The molecule has 3 atom stereocenters. The van der Waals surface area contributed by atoms with Crippen LogP contribution in [-0.2, 0) is 32.2 Å². The molecule has 2 aliphatic rings. The van der Waals surface area contributed by atoms with E-state index in [1.807, 2.05) is 0 Å². The number of sulfonamides is 1. The number of carbonyl (C=O) groups excluding carboxylic acids is 1. The number of hydrogen-bond acceptors (Lipinski definition) is 9. The van der Waals surface area contributed by atoms with Crippen molar-refractivity contribution in [1.82, 2.24) is 14.8 Å². The van der Waals surface area contributed by atoms with Gasteiger partial charge in [-0.05, 0) is 55.4 Å². The van der Waals surface area contributed by atoms with E-state index in [4.69, 9.17) is 4.74 Å². The fourth-order valence-electron chi connectivity index (χ4n) is 5.32. The molecule has 2 aromatic heterocycles. The quantitative estimate of drug-likeness (QED) is 0.260. The Morgan fingerprint density at radius 3 is 2.70 bits per heavy atom. The summed E-state index contributed by atoms with van der Waals surface area (Å²) in [7, 11) is -4.38. The second kappa shape index (κ2) is 11.9. The minimum Gasteiger partial charge on any atom is -0.480 e. The maximum absolute atomic E-state index is 13.2. The van der Waals surface area contributed by atoms with Crippen molar-refractivity contribution in [2.24, 2.45) is 0 Å². The zero-order chi connectivity index (χ0) is 31.0. The summed E-state index contributed by atoms with van der Waals surface area (Å²) in [4.78, 5) is 26.3. The second-order valence-corrected chi connectivity index (χ2v) is 13.4. The number of aryl methyl sites for hydroxylation is 1. The average molecular weight is 644 g/mol. The normalized spacial score (nSPS) is 22.1. The number of carboxylic acids is 1. The Labute approximate surface area is 248 Å². The fourth-order valence-corrected chi connectivity index (χ4v) is 7.98. The number of aliphatic hydroxyl groups is 1. The molecule has 1 saturated heterocycles. The van der Waals surface area contributed by atoms with Crippen LogP contribution in [0.2, 0.25) is 0 Å². The highest BCUT2D eigenvalue weighted by atomic mass is 32.2. The topological polar surface area (TPSA) is 159 Å². The number of aromatic nitrogens is 1. The number of carboxylic acid groups (broad SMARTS) is 1. The van der Waals surface area contributed by atoms with Crippen LogP contribution in [0.1, 0.15) is 48.5 Å². The number of benzene rings is 1. The Morgan fingerprint density at radius 1 is 1.23 bits per heavy atom. The number of hydrogen-bond donors (Lipinski definition) is 3. The number of ether oxygens (including phenoxy) is 1. The van der Waals surface area contributed by atoms with E-state index in [1.165, 1.54) is 11.0 Å². The zero-order valence-electron chi connectivity index (χ0n) is 22.5. The Balaban J connectivity index is 1.25. The summed E-state index contributed by atoms with van der Waals surface area (Å²) in [6.07, 6.45) is -2.87. The molecule has 232 valence electrons. The maximum atomic E-state index is 13.2. The van der Waals surface area contributed by atoms with Gasteiger partial charge in [-0.1, -0.05) is 29.4 Å². The monoisotopic (exact) mass is 643 g/mol. The Hall–Kier alpha value is -3.47. The molecule has 0 spiro atoms. The second-order valence-electron chi connectivity index (χ2n) is 10.4. The Morgan fingerprint density at radius 2 is 2.00 bits per heavy atom. The van der Waals surface area contributed by atoms with Gasteiger partial charge in [0.2, 0.25) is 5.76 Å². The van der Waals surface area contributed by atoms with E-state index < -0.39 is 45.5 Å². The smallest absolute Gasteiger partial charge is 0.452 e. The molecular weight excluding hydrogens is 615 g/mol. The summed E-state index contributed by atoms with van der Waals surface area (Å²) in [5.41, 5.74) is -0.597. The van der Waals surface area contributed by atoms with Crippen molar-refractivity contribution in [1.29, 1.82) is 0 Å². The third-order valence-corrected chi connectivity index (χ3v) is 10.7. The SMILES string of the molecule is O=C(OCCCc1ccccc1[C@H]1C[C@@]1(NS(=O)(=O)c1ccc(-c2cc(C(F)(F)F)on2)s1)C(=O)O)N1CCC[C@H]1CO. The molecule has 1 aromatic carbocycles. The molecule has 1 aliphatic heterocycles. The molecule has 1 saturated carbocycles. The molecule has 3 heterocycles. The number of likely N-dealkylation sites (tertiary alicyclic amines) is 1. The van der Waals surface area contributed by atoms with Gasteiger partial charge in [0.1, 0.15) is 15.4 Å². The number of nitrogens with zero attached hydrogens (tertiary/aromatic N) is 2. The average Bonchev–Trinajstić information content (AvgIpc) is 3.45. The maximum Gasteiger partial charge on any atom is 0.452 e. The van der Waals surface area contributed by atoms with Gasteiger partial charge < -0.3 is 24.4 Å². The van der Waals surface area contributed by atoms with Gasteiger partial charge in [0.05, 0.1) is 24.1 Å². The molecule has 0 unspecified atom stereocenters. The summed E-state index contributed by atoms with van der Waals surface area (Å²) in [5.74, 6) is -3.38. The van der Waals surface area contributed by atoms with E-state index in [0.29, 0.717) is 48.8 Å². The fraction of sp³-hybridized carbons (Fsp3) is 0.444. The summed E-state index contributed by atoms with van der Waals surface area (Å²) >= 11 is 0.632. The standard InChI is InChI=1S/C27H28F3N3O8S2/c28-27(29,30)22-13-20(31-41-22)21-9-10-23(42-21)43(38,39)32-26(24(35)36)14-19(26)18-8-2-1-5-16(18)6-4-12-40-25(37)33-11-3-7-17(33)15-34/h1-2,5,8-10,13,17,19,32,34H,3-4,6-7,11-12,14-15H2,(H,35,36)/t17-,19+,26-/m0/s1. The van der Waals surface area contributed by atoms with Crippen LogP contribution in [0.4, 0.5) is 18.0 Å². The first-order chi connectivity index (χ1) is 20.4. The number of aliphatic carboxylic acids is 1. The van der Waals surface area contributed by atoms with Crippen molar-refractivity contribution < 1.29 is 50.7 Å². The molecule has 5 rings (SSSR count). The van der Waals surface area contributed by atoms with E-state index in [1.54, 1.807) is 24.3 Å². The number of amides is 1. The molecule has 3 aromatic rings. The third-order valence-electron chi connectivity index (χ3n) is 7.62. The molecule has 16 heteroatoms. The van der Waals surface area contributed by atoms with Crippen LogP contribution in [-0.4, -0.2) is 72.1 Å². The van der Waals surface area contributed by atoms with Gasteiger partial charge in [-0.15, -0.1) is 11.3 Å². The first-order valence-electron chi connectivity index (χ1n) is 13.4. The van der Waals surface area contributed by atoms with Gasteiger partial charge in [-0.2, -0.15) is 17.9 Å². The van der Waals surface area contributed by atoms with Gasteiger partial charge >= 0.3 is 18.2 Å². The van der Waals surface area contributed by atoms with E-state index in [0.717, 1.165) is 18.1 Å². The van der Waals surface area contributed by atoms with Gasteiger partial charge in [0.15, 0.2) is 0 Å². The Kier molecular flexibility index (Phi) is 8.57. The summed E-state index contributed by atoms with van der Waals surface area (Å²) in [6, 6.07) is 9.87. The molecule has 0 bridgehead atoms. The number of thiophene rings is 1. The third kappa shape index (κ3) is 6.41. The molecule has 0 radical (unpaired) electrons. The van der Waals surface area contributed by atoms with E-state index in [-0.39, 0.29) is 40.5 Å². The Bertz CT molecular complexity index is 1610. The van der Waals surface area contributed by atoms with Gasteiger partial charge in [-0.25, -0.2) is 13.2 Å². The van der Waals surface area contributed by atoms with Crippen molar-refractivity contribution >= 4 is 33.4 Å². The predicted octanol–water partition coefficient (Wildman–Crippen LogP) is 4.24. The van der Waals surface area contributed by atoms with Crippen molar-refractivity contribution in [3.63, 3.8) is 0 Å². The van der Waals surface area contributed by atoms with Crippen molar-refractivity contribution in [3.05, 3.63) is 59.4 Å². The predicted molar refractivity (Wildman–Crippen MR) is 146 cm³/mol. The van der Waals surface area contributed by atoms with Crippen LogP contribution in [0.3, 0.4) is 0 Å². The summed E-state index contributed by atoms with van der Waals surface area (Å²) in [6.45, 7) is 0.505. The highest BCUT2D eigenvalue weighted by Crippen LogP contribution is 2.53. The summed E-state index contributed by atoms with van der Waals surface area (Å²) < 4.78 is 76.8. The number of nitrogens with one attached hydrogen (secondary N) is 1. The van der Waals surface area contributed by atoms with Crippen molar-refractivity contribution in [2.75, 3.05) is 19.8 Å². The van der Waals surface area contributed by atoms with Crippen LogP contribution in [0, 0.1) is 0 Å². The molecule has 11 nitrogen and oxygen atoms in total. The molecule has 2 fully saturated rings. The number of aliphatic hydroxyl groups excluding tert-OH is 1.